The number of ether oxygens (including phenoxy) is 1. The Morgan fingerprint density at radius 2 is 1.84 bits per heavy atom. The van der Waals surface area contributed by atoms with Gasteiger partial charge in [-0.15, -0.1) is 0 Å². The molecule has 7 heteroatoms. The van der Waals surface area contributed by atoms with Gasteiger partial charge in [0.1, 0.15) is 11.7 Å². The van der Waals surface area contributed by atoms with Crippen LogP contribution >= 0.6 is 46.6 Å². The minimum Gasteiger partial charge on any atom is -0.480 e. The standard InChI is InChI=1S/C18H13Cl3N2OS/c19-13-1-4-15(5-2-13)25-12-24-18(10-23-8-7-22-11-23)16-6-3-14(20)9-17(16)21/h1-11H,12H2/b18-10-. The first-order chi connectivity index (χ1) is 12.1. The molecular weight excluding hydrogens is 399 g/mol. The third-order valence-electron chi connectivity index (χ3n) is 3.24. The molecule has 0 atom stereocenters. The van der Waals surface area contributed by atoms with Crippen LogP contribution in [0.3, 0.4) is 0 Å². The number of aromatic nitrogens is 2. The number of hydrogen-bond acceptors (Lipinski definition) is 3. The van der Waals surface area contributed by atoms with Gasteiger partial charge in [-0.3, -0.25) is 0 Å². The van der Waals surface area contributed by atoms with E-state index >= 15 is 0 Å². The van der Waals surface area contributed by atoms with Crippen LogP contribution in [0.25, 0.3) is 12.0 Å². The predicted molar refractivity (Wildman–Crippen MR) is 106 cm³/mol. The summed E-state index contributed by atoms with van der Waals surface area (Å²) in [6, 6.07) is 12.9. The Morgan fingerprint density at radius 3 is 2.52 bits per heavy atom. The van der Waals surface area contributed by atoms with Gasteiger partial charge in [-0.25, -0.2) is 4.98 Å². The Balaban J connectivity index is 1.78. The molecule has 1 aromatic heterocycles. The highest BCUT2D eigenvalue weighted by atomic mass is 35.5. The molecule has 0 aliphatic carbocycles. The van der Waals surface area contributed by atoms with E-state index in [9.17, 15) is 0 Å². The van der Waals surface area contributed by atoms with Crippen LogP contribution in [0.1, 0.15) is 5.56 Å². The molecule has 0 spiro atoms. The topological polar surface area (TPSA) is 27.1 Å². The molecule has 0 N–H and O–H groups in total. The van der Waals surface area contributed by atoms with E-state index in [-0.39, 0.29) is 0 Å². The van der Waals surface area contributed by atoms with Crippen molar-refractivity contribution in [3.05, 3.63) is 81.8 Å². The van der Waals surface area contributed by atoms with Crippen LogP contribution in [0.15, 0.2) is 66.1 Å². The van der Waals surface area contributed by atoms with Crippen LogP contribution in [0, 0.1) is 0 Å². The lowest BCUT2D eigenvalue weighted by Gasteiger charge is -2.13. The van der Waals surface area contributed by atoms with Gasteiger partial charge in [0.05, 0.1) is 17.5 Å². The fourth-order valence-corrected chi connectivity index (χ4v) is 3.32. The molecule has 2 aromatic carbocycles. The molecular formula is C18H13Cl3N2OS. The molecule has 0 unspecified atom stereocenters. The molecule has 0 radical (unpaired) electrons. The summed E-state index contributed by atoms with van der Waals surface area (Å²) >= 11 is 19.8. The number of hydrogen-bond donors (Lipinski definition) is 0. The number of halogens is 3. The number of rotatable bonds is 6. The van der Waals surface area contributed by atoms with E-state index in [0.29, 0.717) is 26.8 Å². The highest BCUT2D eigenvalue weighted by Gasteiger charge is 2.10. The van der Waals surface area contributed by atoms with Gasteiger partial charge >= 0.3 is 0 Å². The van der Waals surface area contributed by atoms with Gasteiger partial charge in [-0.05, 0) is 42.5 Å². The Hall–Kier alpha value is -1.59. The van der Waals surface area contributed by atoms with Gasteiger partial charge in [0.25, 0.3) is 0 Å². The first-order valence-electron chi connectivity index (χ1n) is 7.27. The second-order valence-electron chi connectivity index (χ2n) is 4.99. The monoisotopic (exact) mass is 410 g/mol. The molecule has 3 rings (SSSR count). The molecule has 0 aliphatic heterocycles. The van der Waals surface area contributed by atoms with Crippen LogP contribution < -0.4 is 0 Å². The van der Waals surface area contributed by atoms with Crippen molar-refractivity contribution in [3.8, 4) is 0 Å². The van der Waals surface area contributed by atoms with E-state index in [2.05, 4.69) is 4.98 Å². The average molecular weight is 412 g/mol. The van der Waals surface area contributed by atoms with E-state index in [1.165, 1.54) is 0 Å². The van der Waals surface area contributed by atoms with Gasteiger partial charge in [0, 0.05) is 32.9 Å². The minimum absolute atomic E-state index is 0.418. The van der Waals surface area contributed by atoms with Crippen molar-refractivity contribution in [1.29, 1.82) is 0 Å². The van der Waals surface area contributed by atoms with Crippen LogP contribution in [-0.4, -0.2) is 15.5 Å². The molecule has 128 valence electrons. The molecule has 3 nitrogen and oxygen atoms in total. The van der Waals surface area contributed by atoms with Gasteiger partial charge in [-0.1, -0.05) is 46.6 Å². The highest BCUT2D eigenvalue weighted by Crippen LogP contribution is 2.30. The number of benzene rings is 2. The SMILES string of the molecule is Clc1ccc(SCO/C(=C\n2ccnc2)c2ccc(Cl)cc2Cl)cc1. The van der Waals surface area contributed by atoms with Crippen molar-refractivity contribution in [2.75, 3.05) is 5.94 Å². The van der Waals surface area contributed by atoms with Gasteiger partial charge < -0.3 is 9.30 Å². The van der Waals surface area contributed by atoms with Gasteiger partial charge in [-0.2, -0.15) is 0 Å². The second-order valence-corrected chi connectivity index (χ2v) is 7.26. The zero-order chi connectivity index (χ0) is 17.6. The average Bonchev–Trinajstić information content (AvgIpc) is 3.09. The molecule has 0 amide bonds. The summed E-state index contributed by atoms with van der Waals surface area (Å²) in [6.45, 7) is 0. The van der Waals surface area contributed by atoms with Crippen LogP contribution in [0.2, 0.25) is 15.1 Å². The van der Waals surface area contributed by atoms with Crippen molar-refractivity contribution < 1.29 is 4.74 Å². The van der Waals surface area contributed by atoms with Crippen molar-refractivity contribution >= 4 is 58.5 Å². The number of imidazole rings is 1. The molecule has 25 heavy (non-hydrogen) atoms. The summed E-state index contributed by atoms with van der Waals surface area (Å²) in [7, 11) is 0. The second kappa shape index (κ2) is 8.68. The summed E-state index contributed by atoms with van der Waals surface area (Å²) in [5.74, 6) is 1.04. The Kier molecular flexibility index (Phi) is 6.32. The molecule has 0 bridgehead atoms. The number of nitrogens with zero attached hydrogens (tertiary/aromatic N) is 2. The Bertz CT molecular complexity index is 865. The van der Waals surface area contributed by atoms with Crippen molar-refractivity contribution in [2.45, 2.75) is 4.90 Å². The quantitative estimate of drug-likeness (QED) is 0.261. The highest BCUT2D eigenvalue weighted by molar-refractivity contribution is 7.99. The molecule has 1 heterocycles. The largest absolute Gasteiger partial charge is 0.480 e. The lowest BCUT2D eigenvalue weighted by atomic mass is 10.2. The normalized spacial score (nSPS) is 11.6. The van der Waals surface area contributed by atoms with Crippen LogP contribution in [-0.2, 0) is 4.74 Å². The van der Waals surface area contributed by atoms with Crippen LogP contribution in [0.5, 0.6) is 0 Å². The van der Waals surface area contributed by atoms with Crippen molar-refractivity contribution in [1.82, 2.24) is 9.55 Å². The lowest BCUT2D eigenvalue weighted by Crippen LogP contribution is -1.96. The molecule has 0 aliphatic rings. The maximum Gasteiger partial charge on any atom is 0.145 e. The van der Waals surface area contributed by atoms with E-state index in [0.717, 1.165) is 10.5 Å². The van der Waals surface area contributed by atoms with E-state index in [1.54, 1.807) is 41.0 Å². The molecule has 0 fully saturated rings. The molecule has 3 aromatic rings. The maximum absolute atomic E-state index is 6.33. The summed E-state index contributed by atoms with van der Waals surface area (Å²) in [5.41, 5.74) is 0.761. The van der Waals surface area contributed by atoms with Gasteiger partial charge in [0.15, 0.2) is 0 Å². The molecule has 0 saturated carbocycles. The summed E-state index contributed by atoms with van der Waals surface area (Å²) in [4.78, 5) is 5.10. The van der Waals surface area contributed by atoms with Crippen molar-refractivity contribution in [3.63, 3.8) is 0 Å². The zero-order valence-electron chi connectivity index (χ0n) is 12.9. The van der Waals surface area contributed by atoms with Crippen molar-refractivity contribution in [2.24, 2.45) is 0 Å². The first-order valence-corrected chi connectivity index (χ1v) is 9.39. The summed E-state index contributed by atoms with van der Waals surface area (Å²) in [6.07, 6.45) is 7.02. The third-order valence-corrected chi connectivity index (χ3v) is 4.88. The Labute approximate surface area is 165 Å². The van der Waals surface area contributed by atoms with E-state index in [1.807, 2.05) is 42.7 Å². The molecule has 0 saturated heterocycles. The minimum atomic E-state index is 0.418. The lowest BCUT2D eigenvalue weighted by molar-refractivity contribution is 0.350. The first kappa shape index (κ1) is 18.2. The summed E-state index contributed by atoms with van der Waals surface area (Å²) < 4.78 is 7.77. The predicted octanol–water partition coefficient (Wildman–Crippen LogP) is 6.57. The zero-order valence-corrected chi connectivity index (χ0v) is 16.0. The van der Waals surface area contributed by atoms with E-state index in [4.69, 9.17) is 39.5 Å². The van der Waals surface area contributed by atoms with E-state index < -0.39 is 0 Å². The Morgan fingerprint density at radius 1 is 1.08 bits per heavy atom. The smallest absolute Gasteiger partial charge is 0.145 e. The third kappa shape index (κ3) is 5.19. The summed E-state index contributed by atoms with van der Waals surface area (Å²) in [5, 5.41) is 1.81. The fraction of sp³-hybridized carbons (Fsp3) is 0.0556. The number of thioether (sulfide) groups is 1. The fourth-order valence-electron chi connectivity index (χ4n) is 2.05. The maximum atomic E-state index is 6.33. The van der Waals surface area contributed by atoms with Gasteiger partial charge in [0.2, 0.25) is 0 Å². The van der Waals surface area contributed by atoms with Crippen LogP contribution in [0.4, 0.5) is 0 Å².